The molecule has 20 heavy (non-hydrogen) atoms. The van der Waals surface area contributed by atoms with Crippen LogP contribution in [-0.4, -0.2) is 18.2 Å². The first-order chi connectivity index (χ1) is 9.51. The molecular weight excluding hydrogens is 335 g/mol. The lowest BCUT2D eigenvalue weighted by molar-refractivity contribution is -0.274. The molecule has 0 amide bonds. The Hall–Kier alpha value is -0.750. The molecule has 0 aliphatic rings. The Labute approximate surface area is 125 Å². The fraction of sp³-hybridized carbons (Fsp3) is 0.571. The maximum atomic E-state index is 12.0. The van der Waals surface area contributed by atoms with Crippen LogP contribution in [0.15, 0.2) is 24.3 Å². The van der Waals surface area contributed by atoms with E-state index in [0.29, 0.717) is 6.54 Å². The molecule has 6 heteroatoms. The second kappa shape index (κ2) is 9.23. The predicted molar refractivity (Wildman–Crippen MR) is 77.1 cm³/mol. The highest BCUT2D eigenvalue weighted by Gasteiger charge is 2.30. The van der Waals surface area contributed by atoms with Crippen LogP contribution in [0.4, 0.5) is 13.2 Å². The SMILES string of the molecule is FC(F)(F)Oc1ccc(CNCCCCCCBr)cc1. The third-order valence-electron chi connectivity index (χ3n) is 2.72. The first-order valence-corrected chi connectivity index (χ1v) is 7.75. The summed E-state index contributed by atoms with van der Waals surface area (Å²) in [5.41, 5.74) is 0.944. The van der Waals surface area contributed by atoms with Crippen molar-refractivity contribution >= 4 is 15.9 Å². The van der Waals surface area contributed by atoms with Gasteiger partial charge in [-0.1, -0.05) is 40.9 Å². The zero-order valence-electron chi connectivity index (χ0n) is 11.2. The first kappa shape index (κ1) is 17.3. The summed E-state index contributed by atoms with van der Waals surface area (Å²) in [6, 6.07) is 5.94. The highest BCUT2D eigenvalue weighted by molar-refractivity contribution is 9.09. The Bertz CT molecular complexity index is 368. The van der Waals surface area contributed by atoms with Crippen molar-refractivity contribution in [3.8, 4) is 5.75 Å². The van der Waals surface area contributed by atoms with Gasteiger partial charge in [0.1, 0.15) is 5.75 Å². The van der Waals surface area contributed by atoms with E-state index in [0.717, 1.165) is 23.9 Å². The lowest BCUT2D eigenvalue weighted by atomic mass is 10.2. The number of benzene rings is 1. The molecule has 0 aromatic heterocycles. The van der Waals surface area contributed by atoms with Gasteiger partial charge in [-0.05, 0) is 37.1 Å². The van der Waals surface area contributed by atoms with Gasteiger partial charge in [0.15, 0.2) is 0 Å². The van der Waals surface area contributed by atoms with Crippen LogP contribution >= 0.6 is 15.9 Å². The van der Waals surface area contributed by atoms with Gasteiger partial charge in [-0.25, -0.2) is 0 Å². The number of unbranched alkanes of at least 4 members (excludes halogenated alkanes) is 3. The molecule has 0 saturated carbocycles. The molecule has 2 nitrogen and oxygen atoms in total. The van der Waals surface area contributed by atoms with Crippen LogP contribution in [0.25, 0.3) is 0 Å². The summed E-state index contributed by atoms with van der Waals surface area (Å²) in [5, 5.41) is 4.32. The number of hydrogen-bond acceptors (Lipinski definition) is 2. The lowest BCUT2D eigenvalue weighted by Gasteiger charge is -2.09. The van der Waals surface area contributed by atoms with E-state index in [1.165, 1.54) is 31.4 Å². The third kappa shape index (κ3) is 8.43. The number of nitrogens with one attached hydrogen (secondary N) is 1. The Morgan fingerprint density at radius 3 is 2.25 bits per heavy atom. The van der Waals surface area contributed by atoms with E-state index >= 15 is 0 Å². The molecule has 1 aromatic rings. The molecule has 1 rings (SSSR count). The predicted octanol–water partition coefficient (Wildman–Crippen LogP) is 4.63. The summed E-state index contributed by atoms with van der Waals surface area (Å²) in [7, 11) is 0. The molecule has 0 heterocycles. The van der Waals surface area contributed by atoms with Gasteiger partial charge in [-0.3, -0.25) is 0 Å². The molecule has 1 N–H and O–H groups in total. The monoisotopic (exact) mass is 353 g/mol. The van der Waals surface area contributed by atoms with Crippen molar-refractivity contribution in [1.29, 1.82) is 0 Å². The summed E-state index contributed by atoms with van der Waals surface area (Å²) in [4.78, 5) is 0. The smallest absolute Gasteiger partial charge is 0.406 e. The van der Waals surface area contributed by atoms with Crippen LogP contribution in [0.3, 0.4) is 0 Å². The van der Waals surface area contributed by atoms with Crippen LogP contribution in [0.5, 0.6) is 5.75 Å². The summed E-state index contributed by atoms with van der Waals surface area (Å²) in [6.45, 7) is 1.58. The third-order valence-corrected chi connectivity index (χ3v) is 3.28. The van der Waals surface area contributed by atoms with Gasteiger partial charge < -0.3 is 10.1 Å². The van der Waals surface area contributed by atoms with E-state index in [1.807, 2.05) is 0 Å². The maximum absolute atomic E-state index is 12.0. The quantitative estimate of drug-likeness (QED) is 0.516. The number of halogens is 4. The lowest BCUT2D eigenvalue weighted by Crippen LogP contribution is -2.17. The van der Waals surface area contributed by atoms with Crippen molar-refractivity contribution in [2.75, 3.05) is 11.9 Å². The van der Waals surface area contributed by atoms with Gasteiger partial charge in [0, 0.05) is 11.9 Å². The molecule has 0 radical (unpaired) electrons. The van der Waals surface area contributed by atoms with E-state index in [9.17, 15) is 13.2 Å². The summed E-state index contributed by atoms with van der Waals surface area (Å²) < 4.78 is 39.8. The maximum Gasteiger partial charge on any atom is 0.573 e. The van der Waals surface area contributed by atoms with E-state index in [1.54, 1.807) is 12.1 Å². The molecule has 0 unspecified atom stereocenters. The molecule has 0 aliphatic carbocycles. The van der Waals surface area contributed by atoms with E-state index in [-0.39, 0.29) is 5.75 Å². The first-order valence-electron chi connectivity index (χ1n) is 6.62. The van der Waals surface area contributed by atoms with Gasteiger partial charge in [0.05, 0.1) is 0 Å². The highest BCUT2D eigenvalue weighted by Crippen LogP contribution is 2.22. The minimum Gasteiger partial charge on any atom is -0.406 e. The van der Waals surface area contributed by atoms with Crippen LogP contribution in [0.1, 0.15) is 31.2 Å². The van der Waals surface area contributed by atoms with Crippen LogP contribution in [-0.2, 0) is 6.54 Å². The fourth-order valence-corrected chi connectivity index (χ4v) is 2.14. The number of ether oxygens (including phenoxy) is 1. The number of rotatable bonds is 9. The average Bonchev–Trinajstić information content (AvgIpc) is 2.38. The summed E-state index contributed by atoms with van der Waals surface area (Å²) in [5.74, 6) is -0.184. The molecule has 0 fully saturated rings. The average molecular weight is 354 g/mol. The minimum atomic E-state index is -4.63. The topological polar surface area (TPSA) is 21.3 Å². The van der Waals surface area contributed by atoms with Crippen molar-refractivity contribution < 1.29 is 17.9 Å². The molecule has 0 spiro atoms. The van der Waals surface area contributed by atoms with Gasteiger partial charge in [0.25, 0.3) is 0 Å². The van der Waals surface area contributed by atoms with Crippen molar-refractivity contribution in [3.63, 3.8) is 0 Å². The van der Waals surface area contributed by atoms with Crippen molar-refractivity contribution in [2.24, 2.45) is 0 Å². The zero-order chi connectivity index (χ0) is 14.8. The molecule has 0 aliphatic heterocycles. The van der Waals surface area contributed by atoms with Crippen LogP contribution in [0.2, 0.25) is 0 Å². The van der Waals surface area contributed by atoms with Crippen molar-refractivity contribution in [3.05, 3.63) is 29.8 Å². The van der Waals surface area contributed by atoms with Gasteiger partial charge in [-0.2, -0.15) is 0 Å². The molecular formula is C14H19BrF3NO. The summed E-state index contributed by atoms with van der Waals surface area (Å²) >= 11 is 3.39. The van der Waals surface area contributed by atoms with Gasteiger partial charge >= 0.3 is 6.36 Å². The molecule has 0 saturated heterocycles. The standard InChI is InChI=1S/C14H19BrF3NO/c15-9-3-1-2-4-10-19-11-12-5-7-13(8-6-12)20-14(16,17)18/h5-8,19H,1-4,9-11H2. The van der Waals surface area contributed by atoms with Crippen LogP contribution < -0.4 is 10.1 Å². The largest absolute Gasteiger partial charge is 0.573 e. The second-order valence-corrected chi connectivity index (χ2v) is 5.26. The Morgan fingerprint density at radius 2 is 1.65 bits per heavy atom. The molecule has 1 aromatic carbocycles. The normalized spacial score (nSPS) is 11.6. The zero-order valence-corrected chi connectivity index (χ0v) is 12.8. The number of hydrogen-bond donors (Lipinski definition) is 1. The van der Waals surface area contributed by atoms with E-state index < -0.39 is 6.36 Å². The summed E-state index contributed by atoms with van der Waals surface area (Å²) in [6.07, 6.45) is 0.0885. The second-order valence-electron chi connectivity index (χ2n) is 4.47. The molecule has 114 valence electrons. The Morgan fingerprint density at radius 1 is 1.00 bits per heavy atom. The van der Waals surface area contributed by atoms with Crippen molar-refractivity contribution in [1.82, 2.24) is 5.32 Å². The highest BCUT2D eigenvalue weighted by atomic mass is 79.9. The van der Waals surface area contributed by atoms with E-state index in [4.69, 9.17) is 0 Å². The molecule has 0 atom stereocenters. The van der Waals surface area contributed by atoms with Crippen LogP contribution in [0, 0.1) is 0 Å². The van der Waals surface area contributed by atoms with Gasteiger partial charge in [0.2, 0.25) is 0 Å². The molecule has 0 bridgehead atoms. The van der Waals surface area contributed by atoms with Crippen molar-refractivity contribution in [2.45, 2.75) is 38.6 Å². The van der Waals surface area contributed by atoms with E-state index in [2.05, 4.69) is 26.0 Å². The fourth-order valence-electron chi connectivity index (χ4n) is 1.74. The Balaban J connectivity index is 2.18. The Kier molecular flexibility index (Phi) is 7.99. The van der Waals surface area contributed by atoms with Gasteiger partial charge in [-0.15, -0.1) is 13.2 Å². The number of alkyl halides is 4. The minimum absolute atomic E-state index is 0.184.